The number of quaternary nitrogens is 1. The first-order valence-corrected chi connectivity index (χ1v) is 14.1. The molecule has 5 nitrogen and oxygen atoms in total. The molecule has 1 heterocycles. The maximum absolute atomic E-state index is 13.3. The zero-order valence-electron chi connectivity index (χ0n) is 22.6. The van der Waals surface area contributed by atoms with Crippen molar-refractivity contribution in [2.45, 2.75) is 112 Å². The van der Waals surface area contributed by atoms with E-state index in [1.54, 1.807) is 0 Å². The molecule has 4 saturated carbocycles. The fourth-order valence-corrected chi connectivity index (χ4v) is 9.11. The Balaban J connectivity index is 1.23. The van der Waals surface area contributed by atoms with Crippen LogP contribution in [0.25, 0.3) is 0 Å². The van der Waals surface area contributed by atoms with Crippen LogP contribution in [0.4, 0.5) is 0 Å². The molecule has 0 aromatic rings. The van der Waals surface area contributed by atoms with Crippen molar-refractivity contribution in [1.29, 1.82) is 0 Å². The summed E-state index contributed by atoms with van der Waals surface area (Å²) in [5, 5.41) is 0. The molecule has 5 rings (SSSR count). The van der Waals surface area contributed by atoms with Gasteiger partial charge in [-0.15, -0.1) is 0 Å². The van der Waals surface area contributed by atoms with Crippen LogP contribution in [0.2, 0.25) is 0 Å². The SMILES string of the molecule is CC1(C)[C@H]2CC[C@@]1(C)[C@H](OC(=O)C[N+]1(CC(=O)O[C@@H]3C[C@H]4CC[C@@]3(C)C4(C)C)CCCCC1)C2. The molecule has 4 aliphatic carbocycles. The van der Waals surface area contributed by atoms with Gasteiger partial charge in [0.1, 0.15) is 12.2 Å². The van der Waals surface area contributed by atoms with Gasteiger partial charge in [0.15, 0.2) is 13.1 Å². The van der Waals surface area contributed by atoms with Gasteiger partial charge < -0.3 is 14.0 Å². The minimum Gasteiger partial charge on any atom is -0.458 e. The topological polar surface area (TPSA) is 52.6 Å². The minimum atomic E-state index is -0.114. The molecule has 0 radical (unpaired) electrons. The van der Waals surface area contributed by atoms with E-state index in [1.807, 2.05) is 0 Å². The average Bonchev–Trinajstić information content (AvgIpc) is 3.26. The molecule has 5 heteroatoms. The van der Waals surface area contributed by atoms with Crippen molar-refractivity contribution in [3.05, 3.63) is 0 Å². The molecule has 0 N–H and O–H groups in total. The summed E-state index contributed by atoms with van der Waals surface area (Å²) in [7, 11) is 0. The minimum absolute atomic E-state index is 0.0155. The largest absolute Gasteiger partial charge is 0.458 e. The lowest BCUT2D eigenvalue weighted by Gasteiger charge is -2.42. The third-order valence-corrected chi connectivity index (χ3v) is 12.7. The monoisotopic (exact) mass is 474 g/mol. The van der Waals surface area contributed by atoms with Gasteiger partial charge in [-0.25, -0.2) is 9.59 Å². The number of esters is 2. The van der Waals surface area contributed by atoms with E-state index in [2.05, 4.69) is 41.5 Å². The Bertz CT molecular complexity index is 781. The lowest BCUT2D eigenvalue weighted by molar-refractivity contribution is -0.919. The van der Waals surface area contributed by atoms with Gasteiger partial charge in [0, 0.05) is 10.8 Å². The molecule has 0 spiro atoms. The number of rotatable bonds is 6. The van der Waals surface area contributed by atoms with E-state index >= 15 is 0 Å². The molecule has 4 bridgehead atoms. The van der Waals surface area contributed by atoms with Gasteiger partial charge in [-0.3, -0.25) is 0 Å². The summed E-state index contributed by atoms with van der Waals surface area (Å²) in [4.78, 5) is 26.6. The van der Waals surface area contributed by atoms with Crippen molar-refractivity contribution in [3.63, 3.8) is 0 Å². The van der Waals surface area contributed by atoms with E-state index in [0.717, 1.165) is 51.6 Å². The number of carbonyl (C=O) groups is 2. The first kappa shape index (κ1) is 24.6. The van der Waals surface area contributed by atoms with Crippen molar-refractivity contribution < 1.29 is 23.5 Å². The van der Waals surface area contributed by atoms with Crippen LogP contribution >= 0.6 is 0 Å². The fraction of sp³-hybridized carbons (Fsp3) is 0.931. The summed E-state index contributed by atoms with van der Waals surface area (Å²) in [5.41, 5.74) is 0.597. The van der Waals surface area contributed by atoms with Gasteiger partial charge in [0.2, 0.25) is 0 Å². The molecule has 34 heavy (non-hydrogen) atoms. The maximum atomic E-state index is 13.3. The van der Waals surface area contributed by atoms with Crippen molar-refractivity contribution in [1.82, 2.24) is 0 Å². The van der Waals surface area contributed by atoms with Crippen LogP contribution in [0, 0.1) is 33.5 Å². The number of nitrogens with zero attached hydrogens (tertiary/aromatic N) is 1. The van der Waals surface area contributed by atoms with Gasteiger partial charge >= 0.3 is 11.9 Å². The maximum Gasteiger partial charge on any atom is 0.362 e. The van der Waals surface area contributed by atoms with Crippen molar-refractivity contribution >= 4 is 11.9 Å². The molecule has 0 unspecified atom stereocenters. The van der Waals surface area contributed by atoms with Crippen LogP contribution < -0.4 is 0 Å². The summed E-state index contributed by atoms with van der Waals surface area (Å²) >= 11 is 0. The molecule has 6 atom stereocenters. The molecule has 5 aliphatic rings. The molecular formula is C29H48NO4+. The third-order valence-electron chi connectivity index (χ3n) is 12.7. The number of fused-ring (bicyclic) bond motifs is 4. The zero-order valence-corrected chi connectivity index (χ0v) is 22.6. The number of ether oxygens (including phenoxy) is 2. The number of carbonyl (C=O) groups excluding carboxylic acids is 2. The van der Waals surface area contributed by atoms with Gasteiger partial charge in [0.05, 0.1) is 13.1 Å². The quantitative estimate of drug-likeness (QED) is 0.377. The first-order valence-electron chi connectivity index (χ1n) is 14.1. The van der Waals surface area contributed by atoms with Crippen molar-refractivity contribution in [2.75, 3.05) is 26.2 Å². The third kappa shape index (κ3) is 3.50. The second-order valence-corrected chi connectivity index (χ2v) is 14.3. The molecule has 1 saturated heterocycles. The highest BCUT2D eigenvalue weighted by Crippen LogP contribution is 2.67. The highest BCUT2D eigenvalue weighted by atomic mass is 16.6. The second-order valence-electron chi connectivity index (χ2n) is 14.3. The normalized spacial score (nSPS) is 43.1. The number of likely N-dealkylation sites (tertiary alicyclic amines) is 1. The predicted molar refractivity (Wildman–Crippen MR) is 132 cm³/mol. The highest BCUT2D eigenvalue weighted by molar-refractivity contribution is 5.73. The summed E-state index contributed by atoms with van der Waals surface area (Å²) in [6, 6.07) is 0. The van der Waals surface area contributed by atoms with E-state index < -0.39 is 0 Å². The van der Waals surface area contributed by atoms with Gasteiger partial charge in [-0.1, -0.05) is 41.5 Å². The van der Waals surface area contributed by atoms with Crippen molar-refractivity contribution in [2.24, 2.45) is 33.5 Å². The van der Waals surface area contributed by atoms with Crippen LogP contribution in [-0.4, -0.2) is 54.8 Å². The van der Waals surface area contributed by atoms with Crippen LogP contribution in [0.15, 0.2) is 0 Å². The molecule has 5 fully saturated rings. The van der Waals surface area contributed by atoms with E-state index in [-0.39, 0.29) is 45.8 Å². The Labute approximate surface area is 206 Å². The molecule has 0 aromatic carbocycles. The zero-order chi connectivity index (χ0) is 24.6. The smallest absolute Gasteiger partial charge is 0.362 e. The molecule has 0 amide bonds. The Kier molecular flexibility index (Phi) is 5.75. The first-order chi connectivity index (χ1) is 15.8. The van der Waals surface area contributed by atoms with Crippen LogP contribution in [0.1, 0.15) is 99.3 Å². The summed E-state index contributed by atoms with van der Waals surface area (Å²) < 4.78 is 12.9. The van der Waals surface area contributed by atoms with Gasteiger partial charge in [-0.05, 0) is 80.5 Å². The highest BCUT2D eigenvalue weighted by Gasteiger charge is 2.64. The fourth-order valence-electron chi connectivity index (χ4n) is 9.11. The van der Waals surface area contributed by atoms with Gasteiger partial charge in [0.25, 0.3) is 0 Å². The Morgan fingerprint density at radius 2 is 1.12 bits per heavy atom. The van der Waals surface area contributed by atoms with Crippen LogP contribution in [-0.2, 0) is 19.1 Å². The molecule has 192 valence electrons. The van der Waals surface area contributed by atoms with E-state index in [9.17, 15) is 9.59 Å². The summed E-state index contributed by atoms with van der Waals surface area (Å²) in [5.74, 6) is 1.07. The van der Waals surface area contributed by atoms with E-state index in [0.29, 0.717) is 29.4 Å². The lowest BCUT2D eigenvalue weighted by Crippen LogP contribution is -2.58. The Morgan fingerprint density at radius 3 is 1.44 bits per heavy atom. The summed E-state index contributed by atoms with van der Waals surface area (Å²) in [6.45, 7) is 16.4. The van der Waals surface area contributed by atoms with E-state index in [1.165, 1.54) is 19.3 Å². The lowest BCUT2D eigenvalue weighted by atomic mass is 9.70. The predicted octanol–water partition coefficient (Wildman–Crippen LogP) is 5.50. The van der Waals surface area contributed by atoms with Crippen molar-refractivity contribution in [3.8, 4) is 0 Å². The molecular weight excluding hydrogens is 426 g/mol. The number of hydrogen-bond acceptors (Lipinski definition) is 4. The molecule has 0 aromatic heterocycles. The second kappa shape index (κ2) is 7.95. The summed E-state index contributed by atoms with van der Waals surface area (Å²) in [6.07, 6.45) is 10.1. The number of hydrogen-bond donors (Lipinski definition) is 0. The van der Waals surface area contributed by atoms with Crippen LogP contribution in [0.3, 0.4) is 0 Å². The molecule has 1 aliphatic heterocycles. The standard InChI is InChI=1S/C29H48NO4/c1-26(2)20-10-12-28(26,5)22(16-20)33-24(31)18-30(14-8-7-9-15-30)19-25(32)34-23-17-21-11-13-29(23,6)27(21,3)4/h20-23H,7-19H2,1-6H3/q+1/t20-,21+,22-,23-,28-,29+/m1/s1. The Hall–Kier alpha value is -1.10. The number of piperidine rings is 1. The Morgan fingerprint density at radius 1 is 0.706 bits per heavy atom. The van der Waals surface area contributed by atoms with Gasteiger partial charge in [-0.2, -0.15) is 0 Å². The van der Waals surface area contributed by atoms with Crippen LogP contribution in [0.5, 0.6) is 0 Å². The average molecular weight is 475 g/mol. The van der Waals surface area contributed by atoms with E-state index in [4.69, 9.17) is 9.47 Å².